The number of urea groups is 1. The number of anilines is 3. The largest absolute Gasteiger partial charge is 0.323 e. The van der Waals surface area contributed by atoms with Crippen molar-refractivity contribution in [2.24, 2.45) is 0 Å². The smallest absolute Gasteiger partial charge is 0.308 e. The van der Waals surface area contributed by atoms with E-state index in [1.807, 2.05) is 6.07 Å². The summed E-state index contributed by atoms with van der Waals surface area (Å²) in [5.41, 5.74) is 2.37. The Morgan fingerprint density at radius 3 is 2.30 bits per heavy atom. The first-order valence-electron chi connectivity index (χ1n) is 9.48. The maximum absolute atomic E-state index is 13.1. The summed E-state index contributed by atoms with van der Waals surface area (Å²) in [6, 6.07) is 18.4. The summed E-state index contributed by atoms with van der Waals surface area (Å²) in [6.45, 7) is 0.370. The number of nitrogens with zero attached hydrogens (tertiary/aromatic N) is 1. The molecule has 0 saturated carbocycles. The van der Waals surface area contributed by atoms with Gasteiger partial charge in [0.2, 0.25) is 0 Å². The van der Waals surface area contributed by atoms with Crippen LogP contribution < -0.4 is 14.9 Å². The van der Waals surface area contributed by atoms with Crippen molar-refractivity contribution in [3.63, 3.8) is 0 Å². The standard InChI is InChI=1S/C22H20FN3O3S/c23-17-9-12-18(13-10-17)24-22(27)25-19-11-8-16-5-4-14-26(21(16)15-19)30(28,29)20-6-2-1-3-7-20/h1-3,6-13,15H,4-5,14H2,(H2,24,25,27). The van der Waals surface area contributed by atoms with Gasteiger partial charge in [-0.3, -0.25) is 4.31 Å². The molecule has 30 heavy (non-hydrogen) atoms. The highest BCUT2D eigenvalue weighted by Gasteiger charge is 2.29. The first kappa shape index (κ1) is 19.9. The van der Waals surface area contributed by atoms with Gasteiger partial charge in [0.05, 0.1) is 10.6 Å². The minimum atomic E-state index is -3.70. The fraction of sp³-hybridized carbons (Fsp3) is 0.136. The number of nitrogens with one attached hydrogen (secondary N) is 2. The number of sulfonamides is 1. The van der Waals surface area contributed by atoms with Gasteiger partial charge in [-0.25, -0.2) is 17.6 Å². The molecule has 0 bridgehead atoms. The highest BCUT2D eigenvalue weighted by molar-refractivity contribution is 7.92. The summed E-state index contributed by atoms with van der Waals surface area (Å²) in [6.07, 6.45) is 1.48. The Balaban J connectivity index is 1.58. The molecule has 0 spiro atoms. The molecule has 1 aliphatic rings. The van der Waals surface area contributed by atoms with E-state index in [0.717, 1.165) is 18.4 Å². The minimum Gasteiger partial charge on any atom is -0.308 e. The third-order valence-electron chi connectivity index (χ3n) is 4.85. The number of amides is 2. The topological polar surface area (TPSA) is 78.5 Å². The van der Waals surface area contributed by atoms with Crippen molar-refractivity contribution in [3.8, 4) is 0 Å². The molecule has 0 fully saturated rings. The molecule has 0 aliphatic carbocycles. The average Bonchev–Trinajstić information content (AvgIpc) is 2.75. The van der Waals surface area contributed by atoms with Crippen LogP contribution in [0, 0.1) is 5.82 Å². The molecule has 8 heteroatoms. The van der Waals surface area contributed by atoms with Gasteiger partial charge in [0.1, 0.15) is 5.82 Å². The average molecular weight is 425 g/mol. The Morgan fingerprint density at radius 2 is 1.57 bits per heavy atom. The fourth-order valence-corrected chi connectivity index (χ4v) is 4.97. The molecule has 3 aromatic rings. The highest BCUT2D eigenvalue weighted by Crippen LogP contribution is 2.34. The van der Waals surface area contributed by atoms with Crippen LogP contribution in [0.4, 0.5) is 26.2 Å². The van der Waals surface area contributed by atoms with E-state index in [2.05, 4.69) is 10.6 Å². The zero-order valence-corrected chi connectivity index (χ0v) is 16.8. The molecule has 0 unspecified atom stereocenters. The Kier molecular flexibility index (Phi) is 5.41. The van der Waals surface area contributed by atoms with Crippen LogP contribution >= 0.6 is 0 Å². The number of carbonyl (C=O) groups excluding carboxylic acids is 1. The molecule has 1 heterocycles. The Labute approximate surface area is 174 Å². The van der Waals surface area contributed by atoms with Gasteiger partial charge < -0.3 is 10.6 Å². The van der Waals surface area contributed by atoms with Crippen molar-refractivity contribution in [1.29, 1.82) is 0 Å². The third-order valence-corrected chi connectivity index (χ3v) is 6.68. The van der Waals surface area contributed by atoms with Gasteiger partial charge in [0, 0.05) is 17.9 Å². The molecule has 0 atom stereocenters. The number of carbonyl (C=O) groups is 1. The molecule has 0 saturated heterocycles. The summed E-state index contributed by atoms with van der Waals surface area (Å²) >= 11 is 0. The van der Waals surface area contributed by atoms with Crippen LogP contribution in [-0.4, -0.2) is 21.0 Å². The number of hydrogen-bond donors (Lipinski definition) is 2. The van der Waals surface area contributed by atoms with Crippen LogP contribution in [0.25, 0.3) is 0 Å². The minimum absolute atomic E-state index is 0.227. The van der Waals surface area contributed by atoms with Gasteiger partial charge in [-0.1, -0.05) is 24.3 Å². The number of hydrogen-bond acceptors (Lipinski definition) is 3. The Morgan fingerprint density at radius 1 is 0.900 bits per heavy atom. The van der Waals surface area contributed by atoms with E-state index in [1.54, 1.807) is 42.5 Å². The van der Waals surface area contributed by atoms with E-state index < -0.39 is 21.9 Å². The number of aryl methyl sites for hydroxylation is 1. The van der Waals surface area contributed by atoms with Gasteiger partial charge >= 0.3 is 6.03 Å². The third kappa shape index (κ3) is 4.13. The van der Waals surface area contributed by atoms with Crippen LogP contribution in [0.2, 0.25) is 0 Å². The quantitative estimate of drug-likeness (QED) is 0.641. The van der Waals surface area contributed by atoms with Crippen molar-refractivity contribution in [2.75, 3.05) is 21.5 Å². The number of fused-ring (bicyclic) bond motifs is 1. The Bertz CT molecular complexity index is 1170. The maximum Gasteiger partial charge on any atom is 0.323 e. The summed E-state index contributed by atoms with van der Waals surface area (Å²) in [4.78, 5) is 12.5. The van der Waals surface area contributed by atoms with E-state index >= 15 is 0 Å². The predicted octanol–water partition coefficient (Wildman–Crippen LogP) is 4.61. The van der Waals surface area contributed by atoms with Crippen LogP contribution in [-0.2, 0) is 16.4 Å². The SMILES string of the molecule is O=C(Nc1ccc(F)cc1)Nc1ccc2c(c1)N(S(=O)(=O)c1ccccc1)CCC2. The molecule has 0 aromatic heterocycles. The summed E-state index contributed by atoms with van der Waals surface area (Å²) < 4.78 is 40.7. The van der Waals surface area contributed by atoms with Crippen molar-refractivity contribution in [3.05, 3.63) is 84.2 Å². The van der Waals surface area contributed by atoms with Crippen LogP contribution in [0.3, 0.4) is 0 Å². The van der Waals surface area contributed by atoms with Gasteiger partial charge in [-0.15, -0.1) is 0 Å². The predicted molar refractivity (Wildman–Crippen MR) is 115 cm³/mol. The second-order valence-corrected chi connectivity index (χ2v) is 8.79. The molecular formula is C22H20FN3O3S. The second kappa shape index (κ2) is 8.16. The molecule has 1 aliphatic heterocycles. The number of benzene rings is 3. The van der Waals surface area contributed by atoms with Gasteiger partial charge in [-0.2, -0.15) is 0 Å². The zero-order valence-electron chi connectivity index (χ0n) is 16.0. The summed E-state index contributed by atoms with van der Waals surface area (Å²) in [7, 11) is -3.70. The van der Waals surface area contributed by atoms with Crippen molar-refractivity contribution in [1.82, 2.24) is 0 Å². The first-order chi connectivity index (χ1) is 14.4. The molecule has 4 rings (SSSR count). The second-order valence-electron chi connectivity index (χ2n) is 6.92. The van der Waals surface area contributed by atoms with Crippen LogP contribution in [0.5, 0.6) is 0 Å². The maximum atomic E-state index is 13.1. The Hall–Kier alpha value is -3.39. The molecular weight excluding hydrogens is 405 g/mol. The van der Waals surface area contributed by atoms with Crippen LogP contribution in [0.15, 0.2) is 77.7 Å². The fourth-order valence-electron chi connectivity index (χ4n) is 3.41. The lowest BCUT2D eigenvalue weighted by Gasteiger charge is -2.31. The van der Waals surface area contributed by atoms with Gasteiger partial charge in [0.15, 0.2) is 0 Å². The van der Waals surface area contributed by atoms with E-state index in [1.165, 1.54) is 28.6 Å². The molecule has 2 amide bonds. The number of rotatable bonds is 4. The van der Waals surface area contributed by atoms with Crippen molar-refractivity contribution in [2.45, 2.75) is 17.7 Å². The van der Waals surface area contributed by atoms with Crippen molar-refractivity contribution < 1.29 is 17.6 Å². The van der Waals surface area contributed by atoms with E-state index in [-0.39, 0.29) is 4.90 Å². The van der Waals surface area contributed by atoms with Gasteiger partial charge in [0.25, 0.3) is 10.0 Å². The molecule has 2 N–H and O–H groups in total. The molecule has 6 nitrogen and oxygen atoms in total. The van der Waals surface area contributed by atoms with E-state index in [0.29, 0.717) is 23.6 Å². The molecule has 0 radical (unpaired) electrons. The molecule has 154 valence electrons. The number of halogens is 1. The molecule has 3 aromatic carbocycles. The van der Waals surface area contributed by atoms with E-state index in [4.69, 9.17) is 0 Å². The lowest BCUT2D eigenvalue weighted by molar-refractivity contribution is 0.262. The lowest BCUT2D eigenvalue weighted by atomic mass is 10.0. The zero-order chi connectivity index (χ0) is 21.1. The van der Waals surface area contributed by atoms with Gasteiger partial charge in [-0.05, 0) is 66.9 Å². The van der Waals surface area contributed by atoms with E-state index in [9.17, 15) is 17.6 Å². The first-order valence-corrected chi connectivity index (χ1v) is 10.9. The van der Waals surface area contributed by atoms with Crippen molar-refractivity contribution >= 4 is 33.1 Å². The summed E-state index contributed by atoms with van der Waals surface area (Å²) in [5.74, 6) is -0.393. The monoisotopic (exact) mass is 425 g/mol. The highest BCUT2D eigenvalue weighted by atomic mass is 32.2. The lowest BCUT2D eigenvalue weighted by Crippen LogP contribution is -2.35. The normalized spacial score (nSPS) is 13.4. The van der Waals surface area contributed by atoms with Crippen LogP contribution in [0.1, 0.15) is 12.0 Å². The summed E-state index contributed by atoms with van der Waals surface area (Å²) in [5, 5.41) is 5.32.